The smallest absolute Gasteiger partial charge is 0.120 e. The third-order valence-electron chi connectivity index (χ3n) is 4.26. The van der Waals surface area contributed by atoms with Gasteiger partial charge in [-0.3, -0.25) is 0 Å². The molecule has 0 aliphatic rings. The molecule has 132 valence electrons. The topological polar surface area (TPSA) is 53.0 Å². The van der Waals surface area contributed by atoms with Crippen LogP contribution in [0.3, 0.4) is 0 Å². The maximum absolute atomic E-state index is 11.3. The Kier molecular flexibility index (Phi) is 4.81. The zero-order chi connectivity index (χ0) is 18.6. The molecule has 0 radical (unpaired) electrons. The molecule has 0 atom stereocenters. The van der Waals surface area contributed by atoms with Crippen molar-refractivity contribution in [2.75, 3.05) is 0 Å². The highest BCUT2D eigenvalue weighted by Gasteiger charge is 2.10. The Hall–Kier alpha value is -3.24. The van der Waals surface area contributed by atoms with E-state index in [1.54, 1.807) is 0 Å². The minimum atomic E-state index is -1.11. The molecule has 0 saturated carbocycles. The Morgan fingerprint density at radius 2 is 1.56 bits per heavy atom. The first kappa shape index (κ1) is 17.2. The normalized spacial score (nSPS) is 11.6. The van der Waals surface area contributed by atoms with Crippen molar-refractivity contribution in [3.8, 4) is 11.1 Å². The zero-order valence-corrected chi connectivity index (χ0v) is 15.3. The lowest BCUT2D eigenvalue weighted by atomic mass is 10.0. The van der Waals surface area contributed by atoms with E-state index in [2.05, 4.69) is 17.1 Å². The first-order valence-corrected chi connectivity index (χ1v) is 9.42. The third kappa shape index (κ3) is 3.96. The van der Waals surface area contributed by atoms with Crippen LogP contribution in [0, 0.1) is 0 Å². The Bertz CT molecular complexity index is 1080. The van der Waals surface area contributed by atoms with Crippen molar-refractivity contribution in [2.24, 2.45) is 0 Å². The maximum atomic E-state index is 11.3. The van der Waals surface area contributed by atoms with E-state index in [9.17, 15) is 9.90 Å². The van der Waals surface area contributed by atoms with Gasteiger partial charge in [-0.25, -0.2) is 4.98 Å². The van der Waals surface area contributed by atoms with Gasteiger partial charge in [-0.15, -0.1) is 11.3 Å². The van der Waals surface area contributed by atoms with Crippen molar-refractivity contribution in [3.05, 3.63) is 89.4 Å². The van der Waals surface area contributed by atoms with Crippen molar-refractivity contribution < 1.29 is 9.90 Å². The second-order valence-corrected chi connectivity index (χ2v) is 7.22. The van der Waals surface area contributed by atoms with Crippen molar-refractivity contribution in [1.29, 1.82) is 0 Å². The van der Waals surface area contributed by atoms with Gasteiger partial charge in [-0.1, -0.05) is 66.7 Å². The van der Waals surface area contributed by atoms with Crippen molar-refractivity contribution in [2.45, 2.75) is 6.42 Å². The molecule has 4 rings (SSSR count). The summed E-state index contributed by atoms with van der Waals surface area (Å²) in [6.45, 7) is 0. The summed E-state index contributed by atoms with van der Waals surface area (Å²) in [5.74, 6) is -1.11. The second kappa shape index (κ2) is 7.56. The fourth-order valence-corrected chi connectivity index (χ4v) is 3.94. The van der Waals surface area contributed by atoms with E-state index >= 15 is 0 Å². The predicted molar refractivity (Wildman–Crippen MR) is 109 cm³/mol. The van der Waals surface area contributed by atoms with Crippen molar-refractivity contribution >= 4 is 39.2 Å². The number of para-hydroxylation sites is 1. The second-order valence-electron chi connectivity index (χ2n) is 6.19. The summed E-state index contributed by atoms with van der Waals surface area (Å²) in [6, 6.07) is 26.0. The molecule has 0 aliphatic carbocycles. The minimum absolute atomic E-state index is 0.166. The third-order valence-corrected chi connectivity index (χ3v) is 5.37. The molecule has 0 aliphatic heterocycles. The standard InChI is InChI=1S/C23H17NO2S/c25-22(26)15-19(23-24-20-8-4-5-9-21(20)27-23)14-16-10-12-18(13-11-16)17-6-2-1-3-7-17/h1-14H,15H2,(H,25,26)/p-1/b19-14+. The summed E-state index contributed by atoms with van der Waals surface area (Å²) < 4.78 is 1.04. The molecule has 3 nitrogen and oxygen atoms in total. The molecule has 4 heteroatoms. The maximum Gasteiger partial charge on any atom is 0.120 e. The van der Waals surface area contributed by atoms with E-state index in [-0.39, 0.29) is 6.42 Å². The molecular weight excluding hydrogens is 354 g/mol. The highest BCUT2D eigenvalue weighted by molar-refractivity contribution is 7.19. The van der Waals surface area contributed by atoms with Gasteiger partial charge in [0.1, 0.15) is 5.01 Å². The van der Waals surface area contributed by atoms with Gasteiger partial charge < -0.3 is 9.90 Å². The number of benzene rings is 3. The van der Waals surface area contributed by atoms with Crippen LogP contribution in [0.2, 0.25) is 0 Å². The first-order valence-electron chi connectivity index (χ1n) is 8.61. The number of thiazole rings is 1. The number of carboxylic acid groups (broad SMARTS) is 1. The molecular formula is C23H16NO2S-. The van der Waals surface area contributed by atoms with Gasteiger partial charge in [0.25, 0.3) is 0 Å². The van der Waals surface area contributed by atoms with Crippen LogP contribution in [0.1, 0.15) is 17.0 Å². The van der Waals surface area contributed by atoms with Gasteiger partial charge >= 0.3 is 0 Å². The Morgan fingerprint density at radius 3 is 2.26 bits per heavy atom. The number of carbonyl (C=O) groups is 1. The van der Waals surface area contributed by atoms with E-state index in [0.29, 0.717) is 10.6 Å². The van der Waals surface area contributed by atoms with E-state index in [1.807, 2.05) is 72.8 Å². The van der Waals surface area contributed by atoms with Crippen molar-refractivity contribution in [1.82, 2.24) is 4.98 Å². The van der Waals surface area contributed by atoms with E-state index < -0.39 is 5.97 Å². The molecule has 27 heavy (non-hydrogen) atoms. The molecule has 0 fully saturated rings. The van der Waals surface area contributed by atoms with Gasteiger partial charge in [-0.05, 0) is 40.5 Å². The highest BCUT2D eigenvalue weighted by atomic mass is 32.1. The number of rotatable bonds is 5. The zero-order valence-electron chi connectivity index (χ0n) is 14.5. The summed E-state index contributed by atoms with van der Waals surface area (Å²) in [4.78, 5) is 15.8. The summed E-state index contributed by atoms with van der Waals surface area (Å²) >= 11 is 1.50. The molecule has 4 aromatic rings. The Balaban J connectivity index is 1.69. The molecule has 0 spiro atoms. The lowest BCUT2D eigenvalue weighted by molar-refractivity contribution is -0.304. The number of carboxylic acids is 1. The van der Waals surface area contributed by atoms with Gasteiger partial charge in [0.2, 0.25) is 0 Å². The van der Waals surface area contributed by atoms with Crippen LogP contribution >= 0.6 is 11.3 Å². The average Bonchev–Trinajstić information content (AvgIpc) is 3.13. The fourth-order valence-electron chi connectivity index (χ4n) is 2.96. The molecule has 0 amide bonds. The van der Waals surface area contributed by atoms with Crippen LogP contribution in [0.15, 0.2) is 78.9 Å². The number of nitrogens with zero attached hydrogens (tertiary/aromatic N) is 1. The average molecular weight is 370 g/mol. The lowest BCUT2D eigenvalue weighted by Gasteiger charge is -2.07. The molecule has 0 bridgehead atoms. The SMILES string of the molecule is O=C([O-])C/C(=C\c1ccc(-c2ccccc2)cc1)c1nc2ccccc2s1. The summed E-state index contributed by atoms with van der Waals surface area (Å²) in [6.07, 6.45) is 1.71. The van der Waals surface area contributed by atoms with Crippen LogP contribution in [0.25, 0.3) is 33.0 Å². The summed E-state index contributed by atoms with van der Waals surface area (Å²) in [7, 11) is 0. The van der Waals surface area contributed by atoms with Gasteiger partial charge in [0.15, 0.2) is 0 Å². The number of aliphatic carboxylic acids is 1. The minimum Gasteiger partial charge on any atom is -0.550 e. The van der Waals surface area contributed by atoms with E-state index in [1.165, 1.54) is 11.3 Å². The van der Waals surface area contributed by atoms with Gasteiger partial charge in [0.05, 0.1) is 10.2 Å². The van der Waals surface area contributed by atoms with Crippen LogP contribution in [0.4, 0.5) is 0 Å². The molecule has 0 saturated heterocycles. The number of aromatic nitrogens is 1. The van der Waals surface area contributed by atoms with Crippen molar-refractivity contribution in [3.63, 3.8) is 0 Å². The molecule has 0 N–H and O–H groups in total. The number of fused-ring (bicyclic) bond motifs is 1. The molecule has 1 heterocycles. The van der Waals surface area contributed by atoms with Gasteiger partial charge in [-0.2, -0.15) is 0 Å². The fraction of sp³-hybridized carbons (Fsp3) is 0.0435. The van der Waals surface area contributed by atoms with E-state index in [4.69, 9.17) is 0 Å². The summed E-state index contributed by atoms with van der Waals surface area (Å²) in [5.41, 5.74) is 4.73. The van der Waals surface area contributed by atoms with Crippen LogP contribution < -0.4 is 5.11 Å². The number of carbonyl (C=O) groups excluding carboxylic acids is 1. The van der Waals surface area contributed by atoms with Crippen LogP contribution in [-0.4, -0.2) is 11.0 Å². The number of hydrogen-bond donors (Lipinski definition) is 0. The Labute approximate surface area is 161 Å². The monoisotopic (exact) mass is 370 g/mol. The first-order chi connectivity index (χ1) is 13.2. The molecule has 1 aromatic heterocycles. The van der Waals surface area contributed by atoms with Crippen LogP contribution in [-0.2, 0) is 4.79 Å². The largest absolute Gasteiger partial charge is 0.550 e. The van der Waals surface area contributed by atoms with Crippen LogP contribution in [0.5, 0.6) is 0 Å². The highest BCUT2D eigenvalue weighted by Crippen LogP contribution is 2.30. The number of hydrogen-bond acceptors (Lipinski definition) is 4. The lowest BCUT2D eigenvalue weighted by Crippen LogP contribution is -2.22. The molecule has 3 aromatic carbocycles. The van der Waals surface area contributed by atoms with Gasteiger partial charge in [0, 0.05) is 12.4 Å². The Morgan fingerprint density at radius 1 is 0.889 bits per heavy atom. The molecule has 0 unspecified atom stereocenters. The quantitative estimate of drug-likeness (QED) is 0.514. The predicted octanol–water partition coefficient (Wildman–Crippen LogP) is 4.64. The van der Waals surface area contributed by atoms with E-state index in [0.717, 1.165) is 26.9 Å². The summed E-state index contributed by atoms with van der Waals surface area (Å²) in [5, 5.41) is 12.0.